The first-order chi connectivity index (χ1) is 7.15. The second-order valence-electron chi connectivity index (χ2n) is 2.48. The van der Waals surface area contributed by atoms with Crippen LogP contribution in [0.1, 0.15) is 0 Å². The summed E-state index contributed by atoms with van der Waals surface area (Å²) in [6.45, 7) is 0. The van der Waals surface area contributed by atoms with Gasteiger partial charge in [0.15, 0.2) is 5.75 Å². The fourth-order valence-electron chi connectivity index (χ4n) is 0.784. The summed E-state index contributed by atoms with van der Waals surface area (Å²) in [6.07, 6.45) is 0. The van der Waals surface area contributed by atoms with Crippen LogP contribution in [0.3, 0.4) is 0 Å². The Bertz CT molecular complexity index is 455. The summed E-state index contributed by atoms with van der Waals surface area (Å²) >= 11 is 10.5. The molecule has 0 atom stereocenters. The maximum absolute atomic E-state index is 10.9. The van der Waals surface area contributed by atoms with E-state index in [1.807, 2.05) is 45.2 Å². The molecule has 0 aliphatic heterocycles. The zero-order valence-corrected chi connectivity index (χ0v) is 18.7. The Hall–Kier alpha value is 2.82. The zero-order chi connectivity index (χ0) is 12.7. The van der Waals surface area contributed by atoms with E-state index in [0.29, 0.717) is 0 Å². The van der Waals surface area contributed by atoms with E-state index in [1.165, 1.54) is 0 Å². The van der Waals surface area contributed by atoms with E-state index < -0.39 is 7.82 Å². The summed E-state index contributed by atoms with van der Waals surface area (Å²) in [5.41, 5.74) is 0. The van der Waals surface area contributed by atoms with E-state index in [1.54, 1.807) is 0 Å². The highest BCUT2D eigenvalue weighted by Gasteiger charge is 2.24. The summed E-state index contributed by atoms with van der Waals surface area (Å²) in [5, 5.41) is 0. The first-order valence-electron chi connectivity index (χ1n) is 3.41. The number of rotatable bonds is 2. The van der Waals surface area contributed by atoms with Gasteiger partial charge in [-0.25, -0.2) is 4.57 Å². The summed E-state index contributed by atoms with van der Waals surface area (Å²) in [5.74, 6) is 0.253. The van der Waals surface area contributed by atoms with E-state index in [2.05, 4.69) is 67.8 Å². The van der Waals surface area contributed by atoms with Gasteiger partial charge in [-0.2, -0.15) is 0 Å². The van der Waals surface area contributed by atoms with Gasteiger partial charge in [-0.3, -0.25) is 9.79 Å². The van der Waals surface area contributed by atoms with Gasteiger partial charge < -0.3 is 4.52 Å². The van der Waals surface area contributed by atoms with Crippen LogP contribution >= 0.6 is 121 Å². The van der Waals surface area contributed by atoms with Gasteiger partial charge in [-0.05, 0) is 113 Å². The van der Waals surface area contributed by atoms with Crippen molar-refractivity contribution >= 4 is 121 Å². The van der Waals surface area contributed by atoms with Crippen molar-refractivity contribution in [1.29, 1.82) is 0 Å². The number of phosphoric acid groups is 1. The molecular formula is C6H2I5O4P. The minimum atomic E-state index is -4.52. The number of halogens is 5. The summed E-state index contributed by atoms with van der Waals surface area (Å²) < 4.78 is 20.0. The molecule has 4 nitrogen and oxygen atoms in total. The predicted octanol–water partition coefficient (Wildman–Crippen LogP) is 4.18. The second-order valence-corrected chi connectivity index (χ2v) is 9.04. The van der Waals surface area contributed by atoms with E-state index in [4.69, 9.17) is 14.3 Å². The monoisotopic (exact) mass is 803 g/mol. The van der Waals surface area contributed by atoms with Crippen LogP contribution in [0, 0.1) is 17.9 Å². The minimum Gasteiger partial charge on any atom is -0.402 e. The number of hydrogen-bond donors (Lipinski definition) is 2. The topological polar surface area (TPSA) is 66.8 Å². The van der Waals surface area contributed by atoms with Crippen molar-refractivity contribution in [2.24, 2.45) is 0 Å². The second kappa shape index (κ2) is 6.51. The van der Waals surface area contributed by atoms with Gasteiger partial charge in [0.25, 0.3) is 0 Å². The van der Waals surface area contributed by atoms with Crippen LogP contribution < -0.4 is 4.52 Å². The summed E-state index contributed by atoms with van der Waals surface area (Å²) in [7, 11) is -4.52. The lowest BCUT2D eigenvalue weighted by Crippen LogP contribution is -2.02. The molecule has 0 saturated heterocycles. The van der Waals surface area contributed by atoms with Gasteiger partial charge in [0, 0.05) is 10.7 Å². The predicted molar refractivity (Wildman–Crippen MR) is 103 cm³/mol. The summed E-state index contributed by atoms with van der Waals surface area (Å²) in [6, 6.07) is 0. The minimum absolute atomic E-state index is 0.253. The third-order valence-electron chi connectivity index (χ3n) is 1.38. The van der Waals surface area contributed by atoms with Gasteiger partial charge in [0.2, 0.25) is 0 Å². The van der Waals surface area contributed by atoms with Crippen molar-refractivity contribution in [3.63, 3.8) is 0 Å². The third kappa shape index (κ3) is 4.16. The molecule has 10 heteroatoms. The van der Waals surface area contributed by atoms with Crippen LogP contribution in [0.15, 0.2) is 0 Å². The Morgan fingerprint density at radius 1 is 0.812 bits per heavy atom. The standard InChI is InChI=1S/C6H2I5O4P/c7-1-2(8)4(10)6(5(11)3(1)9)15-16(12,13)14/h(H2,12,13,14). The largest absolute Gasteiger partial charge is 0.524 e. The molecule has 90 valence electrons. The Morgan fingerprint density at radius 3 is 1.44 bits per heavy atom. The van der Waals surface area contributed by atoms with Gasteiger partial charge in [-0.15, -0.1) is 0 Å². The van der Waals surface area contributed by atoms with Crippen molar-refractivity contribution in [2.75, 3.05) is 0 Å². The SMILES string of the molecule is O=P(O)(O)Oc1c(I)c(I)c(I)c(I)c1I. The van der Waals surface area contributed by atoms with Crippen LogP contribution in [-0.4, -0.2) is 9.79 Å². The molecule has 0 bridgehead atoms. The Kier molecular flexibility index (Phi) is 6.87. The molecule has 0 aliphatic rings. The fraction of sp³-hybridized carbons (Fsp3) is 0. The highest BCUT2D eigenvalue weighted by molar-refractivity contribution is 14.1. The number of benzene rings is 1. The third-order valence-corrected chi connectivity index (χ3v) is 11.2. The van der Waals surface area contributed by atoms with E-state index in [0.717, 1.165) is 17.9 Å². The van der Waals surface area contributed by atoms with Gasteiger partial charge in [0.1, 0.15) is 0 Å². The zero-order valence-electron chi connectivity index (χ0n) is 7.05. The van der Waals surface area contributed by atoms with E-state index >= 15 is 0 Å². The van der Waals surface area contributed by atoms with E-state index in [9.17, 15) is 4.57 Å². The highest BCUT2D eigenvalue weighted by atomic mass is 127. The van der Waals surface area contributed by atoms with Crippen LogP contribution in [0.5, 0.6) is 5.75 Å². The molecule has 0 spiro atoms. The van der Waals surface area contributed by atoms with Crippen LogP contribution in [-0.2, 0) is 4.57 Å². The van der Waals surface area contributed by atoms with E-state index in [-0.39, 0.29) is 5.75 Å². The molecule has 0 fully saturated rings. The Balaban J connectivity index is 3.46. The molecular weight excluding hydrogens is 802 g/mol. The van der Waals surface area contributed by atoms with Crippen molar-refractivity contribution < 1.29 is 18.9 Å². The molecule has 0 heterocycles. The molecule has 1 rings (SSSR count). The average molecular weight is 804 g/mol. The van der Waals surface area contributed by atoms with Crippen LogP contribution in [0.25, 0.3) is 0 Å². The maximum atomic E-state index is 10.9. The number of hydrogen-bond acceptors (Lipinski definition) is 2. The molecule has 1 aromatic carbocycles. The highest BCUT2D eigenvalue weighted by Crippen LogP contribution is 2.45. The van der Waals surface area contributed by atoms with Crippen molar-refractivity contribution in [3.05, 3.63) is 17.9 Å². The smallest absolute Gasteiger partial charge is 0.402 e. The lowest BCUT2D eigenvalue weighted by molar-refractivity contribution is 0.281. The average Bonchev–Trinajstić information content (AvgIpc) is 2.17. The van der Waals surface area contributed by atoms with Crippen molar-refractivity contribution in [2.45, 2.75) is 0 Å². The van der Waals surface area contributed by atoms with Crippen LogP contribution in [0.2, 0.25) is 0 Å². The van der Waals surface area contributed by atoms with Gasteiger partial charge >= 0.3 is 7.82 Å². The molecule has 0 radical (unpaired) electrons. The quantitative estimate of drug-likeness (QED) is 0.204. The van der Waals surface area contributed by atoms with Crippen molar-refractivity contribution in [3.8, 4) is 5.75 Å². The van der Waals surface area contributed by atoms with Gasteiger partial charge in [-0.1, -0.05) is 0 Å². The molecule has 16 heavy (non-hydrogen) atoms. The van der Waals surface area contributed by atoms with Crippen LogP contribution in [0.4, 0.5) is 0 Å². The normalized spacial score (nSPS) is 11.7. The number of phosphoric ester groups is 1. The molecule has 1 aromatic rings. The molecule has 0 unspecified atom stereocenters. The molecule has 0 aliphatic carbocycles. The fourth-order valence-corrected chi connectivity index (χ4v) is 6.48. The molecule has 0 aromatic heterocycles. The molecule has 2 N–H and O–H groups in total. The lowest BCUT2D eigenvalue weighted by Gasteiger charge is -2.14. The first-order valence-corrected chi connectivity index (χ1v) is 10.3. The Morgan fingerprint density at radius 2 is 1.12 bits per heavy atom. The first kappa shape index (κ1) is 16.9. The lowest BCUT2D eigenvalue weighted by atomic mass is 10.3. The molecule has 0 saturated carbocycles. The maximum Gasteiger partial charge on any atom is 0.524 e. The Labute approximate surface area is 160 Å². The van der Waals surface area contributed by atoms with Gasteiger partial charge in [0.05, 0.1) is 7.14 Å². The molecule has 0 amide bonds. The summed E-state index contributed by atoms with van der Waals surface area (Å²) in [4.78, 5) is 17.7. The van der Waals surface area contributed by atoms with Crippen molar-refractivity contribution in [1.82, 2.24) is 0 Å².